The smallest absolute Gasteiger partial charge is 0.411 e. The van der Waals surface area contributed by atoms with Crippen molar-refractivity contribution in [2.24, 2.45) is 0 Å². The molecular weight excluding hydrogens is 386 g/mol. The van der Waals surface area contributed by atoms with Gasteiger partial charge in [-0.3, -0.25) is 5.32 Å². The Morgan fingerprint density at radius 3 is 2.78 bits per heavy atom. The lowest BCUT2D eigenvalue weighted by Crippen LogP contribution is -2.14. The Hall–Kier alpha value is -2.64. The summed E-state index contributed by atoms with van der Waals surface area (Å²) in [5, 5.41) is 7.68. The summed E-state index contributed by atoms with van der Waals surface area (Å²) in [5.41, 5.74) is 7.81. The third-order valence-corrected chi connectivity index (χ3v) is 5.26. The Morgan fingerprint density at radius 2 is 2.07 bits per heavy atom. The van der Waals surface area contributed by atoms with Crippen LogP contribution in [-0.4, -0.2) is 19.8 Å². The van der Waals surface area contributed by atoms with Gasteiger partial charge in [0, 0.05) is 20.8 Å². The Bertz CT molecular complexity index is 974. The highest BCUT2D eigenvalue weighted by Gasteiger charge is 2.13. The van der Waals surface area contributed by atoms with Gasteiger partial charge in [-0.1, -0.05) is 11.6 Å². The fourth-order valence-electron chi connectivity index (χ4n) is 2.68. The highest BCUT2D eigenvalue weighted by Crippen LogP contribution is 2.39. The van der Waals surface area contributed by atoms with E-state index in [-0.39, 0.29) is 0 Å². The van der Waals surface area contributed by atoms with Crippen LogP contribution in [-0.2, 0) is 11.3 Å². The number of carbonyl (C=O) groups excluding carboxylic acids is 1. The van der Waals surface area contributed by atoms with Gasteiger partial charge in [0.15, 0.2) is 0 Å². The van der Waals surface area contributed by atoms with Crippen LogP contribution in [0.4, 0.5) is 21.9 Å². The number of amides is 1. The van der Waals surface area contributed by atoms with Gasteiger partial charge in [0.25, 0.3) is 0 Å². The molecule has 1 amide bonds. The summed E-state index contributed by atoms with van der Waals surface area (Å²) in [6.45, 7) is 2.62. The zero-order valence-corrected chi connectivity index (χ0v) is 16.5. The largest absolute Gasteiger partial charge is 0.495 e. The summed E-state index contributed by atoms with van der Waals surface area (Å²) in [7, 11) is 1.66. The van der Waals surface area contributed by atoms with Crippen molar-refractivity contribution in [3.8, 4) is 5.75 Å². The molecule has 4 N–H and O–H groups in total. The van der Waals surface area contributed by atoms with Gasteiger partial charge in [-0.05, 0) is 43.3 Å². The highest BCUT2D eigenvalue weighted by atomic mass is 35.5. The molecule has 2 aromatic carbocycles. The first-order valence-corrected chi connectivity index (χ1v) is 9.53. The van der Waals surface area contributed by atoms with E-state index in [9.17, 15) is 4.79 Å². The van der Waals surface area contributed by atoms with Crippen molar-refractivity contribution in [1.82, 2.24) is 0 Å². The van der Waals surface area contributed by atoms with Crippen LogP contribution in [0.5, 0.6) is 5.75 Å². The van der Waals surface area contributed by atoms with Crippen molar-refractivity contribution in [1.29, 1.82) is 0 Å². The van der Waals surface area contributed by atoms with Crippen molar-refractivity contribution in [2.75, 3.05) is 30.1 Å². The van der Waals surface area contributed by atoms with Crippen molar-refractivity contribution in [2.45, 2.75) is 13.5 Å². The van der Waals surface area contributed by atoms with Crippen molar-refractivity contribution in [3.05, 3.63) is 46.3 Å². The number of thiophene rings is 1. The van der Waals surface area contributed by atoms with Crippen LogP contribution >= 0.6 is 22.9 Å². The minimum atomic E-state index is -0.529. The number of ether oxygens (including phenoxy) is 2. The number of anilines is 3. The molecule has 0 aliphatic rings. The lowest BCUT2D eigenvalue weighted by atomic mass is 10.2. The van der Waals surface area contributed by atoms with E-state index in [2.05, 4.69) is 10.6 Å². The number of fused-ring (bicyclic) bond motifs is 1. The molecule has 1 aromatic heterocycles. The average molecular weight is 406 g/mol. The molecule has 0 saturated heterocycles. The van der Waals surface area contributed by atoms with Crippen LogP contribution in [0, 0.1) is 0 Å². The zero-order valence-electron chi connectivity index (χ0n) is 15.0. The second-order valence-corrected chi connectivity index (χ2v) is 7.27. The molecule has 0 spiro atoms. The van der Waals surface area contributed by atoms with Crippen LogP contribution in [0.1, 0.15) is 11.8 Å². The van der Waals surface area contributed by atoms with Crippen LogP contribution in [0.25, 0.3) is 10.1 Å². The molecule has 0 atom stereocenters. The summed E-state index contributed by atoms with van der Waals surface area (Å²) in [5.74, 6) is 0.840. The lowest BCUT2D eigenvalue weighted by Gasteiger charge is -2.11. The number of hydrogen-bond donors (Lipinski definition) is 3. The number of methoxy groups -OCH3 is 1. The Labute approximate surface area is 166 Å². The molecule has 3 rings (SSSR count). The van der Waals surface area contributed by atoms with E-state index in [1.165, 1.54) is 0 Å². The van der Waals surface area contributed by atoms with Gasteiger partial charge in [-0.25, -0.2) is 4.79 Å². The summed E-state index contributed by atoms with van der Waals surface area (Å²) in [4.78, 5) is 12.6. The Balaban J connectivity index is 1.74. The first-order valence-electron chi connectivity index (χ1n) is 8.34. The van der Waals surface area contributed by atoms with E-state index >= 15 is 0 Å². The van der Waals surface area contributed by atoms with Gasteiger partial charge < -0.3 is 20.5 Å². The summed E-state index contributed by atoms with van der Waals surface area (Å²) < 4.78 is 11.5. The van der Waals surface area contributed by atoms with Gasteiger partial charge in [0.2, 0.25) is 0 Å². The number of hydrogen-bond acceptors (Lipinski definition) is 6. The molecule has 0 bridgehead atoms. The van der Waals surface area contributed by atoms with Crippen molar-refractivity contribution >= 4 is 56.2 Å². The van der Waals surface area contributed by atoms with Crippen LogP contribution in [0.2, 0.25) is 5.02 Å². The maximum atomic E-state index is 11.5. The quantitative estimate of drug-likeness (QED) is 0.483. The number of carbonyl (C=O) groups is 1. The van der Waals surface area contributed by atoms with E-state index in [1.54, 1.807) is 37.5 Å². The third-order valence-electron chi connectivity index (χ3n) is 3.90. The molecule has 0 fully saturated rings. The SMILES string of the molecule is CCOC(=O)Nc1ccc(NCc2sc3cc(Cl)ccc3c2OC)cc1N. The predicted molar refractivity (Wildman–Crippen MR) is 112 cm³/mol. The van der Waals surface area contributed by atoms with Crippen molar-refractivity contribution < 1.29 is 14.3 Å². The number of rotatable bonds is 6. The Kier molecular flexibility index (Phi) is 5.93. The van der Waals surface area contributed by atoms with Crippen LogP contribution in [0.15, 0.2) is 36.4 Å². The first kappa shape index (κ1) is 19.1. The van der Waals surface area contributed by atoms with Gasteiger partial charge in [0.1, 0.15) is 5.75 Å². The highest BCUT2D eigenvalue weighted by molar-refractivity contribution is 7.19. The van der Waals surface area contributed by atoms with Crippen LogP contribution in [0.3, 0.4) is 0 Å². The van der Waals surface area contributed by atoms with E-state index in [1.807, 2.05) is 24.3 Å². The molecule has 8 heteroatoms. The molecule has 0 aliphatic heterocycles. The molecule has 0 unspecified atom stereocenters. The van der Waals surface area contributed by atoms with E-state index in [4.69, 9.17) is 26.8 Å². The molecule has 1 heterocycles. The molecule has 27 heavy (non-hydrogen) atoms. The summed E-state index contributed by atoms with van der Waals surface area (Å²) in [6.07, 6.45) is -0.529. The molecule has 0 saturated carbocycles. The molecule has 6 nitrogen and oxygen atoms in total. The Morgan fingerprint density at radius 1 is 1.26 bits per heavy atom. The summed E-state index contributed by atoms with van der Waals surface area (Å²) >= 11 is 7.71. The van der Waals surface area contributed by atoms with E-state index < -0.39 is 6.09 Å². The molecule has 142 valence electrons. The number of halogens is 1. The first-order chi connectivity index (χ1) is 13.0. The fourth-order valence-corrected chi connectivity index (χ4v) is 4.07. The topological polar surface area (TPSA) is 85.6 Å². The zero-order chi connectivity index (χ0) is 19.4. The number of nitrogens with two attached hydrogens (primary N) is 1. The number of nitrogens with one attached hydrogen (secondary N) is 2. The van der Waals surface area contributed by atoms with E-state index in [0.29, 0.717) is 29.5 Å². The average Bonchev–Trinajstić information content (AvgIpc) is 2.98. The molecular formula is C19H20ClN3O3S. The summed E-state index contributed by atoms with van der Waals surface area (Å²) in [6, 6.07) is 11.1. The lowest BCUT2D eigenvalue weighted by molar-refractivity contribution is 0.168. The minimum Gasteiger partial charge on any atom is -0.495 e. The predicted octanol–water partition coefficient (Wildman–Crippen LogP) is 5.33. The second kappa shape index (κ2) is 8.37. The molecule has 3 aromatic rings. The molecule has 0 aliphatic carbocycles. The van der Waals surface area contributed by atoms with E-state index in [0.717, 1.165) is 26.4 Å². The second-order valence-electron chi connectivity index (χ2n) is 5.70. The monoisotopic (exact) mass is 405 g/mol. The molecule has 0 radical (unpaired) electrons. The normalized spacial score (nSPS) is 10.6. The third kappa shape index (κ3) is 4.37. The van der Waals surface area contributed by atoms with Gasteiger partial charge in [-0.2, -0.15) is 0 Å². The number of nitrogen functional groups attached to an aromatic ring is 1. The van der Waals surface area contributed by atoms with Gasteiger partial charge >= 0.3 is 6.09 Å². The maximum absolute atomic E-state index is 11.5. The maximum Gasteiger partial charge on any atom is 0.411 e. The fraction of sp³-hybridized carbons (Fsp3) is 0.211. The van der Waals surface area contributed by atoms with Gasteiger partial charge in [-0.15, -0.1) is 11.3 Å². The van der Waals surface area contributed by atoms with Crippen LogP contribution < -0.4 is 21.1 Å². The van der Waals surface area contributed by atoms with Gasteiger partial charge in [0.05, 0.1) is 36.5 Å². The standard InChI is InChI=1S/C19H20ClN3O3S/c1-3-26-19(24)23-15-7-5-12(9-14(15)21)22-10-17-18(25-2)13-6-4-11(20)8-16(13)27-17/h4-9,22H,3,10,21H2,1-2H3,(H,23,24). The minimum absolute atomic E-state index is 0.299. The number of benzene rings is 2. The van der Waals surface area contributed by atoms with Crippen molar-refractivity contribution in [3.63, 3.8) is 0 Å².